The summed E-state index contributed by atoms with van der Waals surface area (Å²) in [6.45, 7) is 4.09. The van der Waals surface area contributed by atoms with Crippen molar-refractivity contribution >= 4 is 5.69 Å². The molecule has 0 aliphatic heterocycles. The monoisotopic (exact) mass is 223 g/mol. The zero-order valence-corrected chi connectivity index (χ0v) is 10.3. The minimum Gasteiger partial charge on any atom is -0.381 e. The largest absolute Gasteiger partial charge is 0.381 e. The molecule has 16 heavy (non-hydrogen) atoms. The van der Waals surface area contributed by atoms with Crippen molar-refractivity contribution in [3.8, 4) is 0 Å². The molecule has 0 spiro atoms. The minimum atomic E-state index is 0.463. The van der Waals surface area contributed by atoms with Gasteiger partial charge in [0, 0.05) is 13.2 Å². The molecule has 1 heterocycles. The number of aryl methyl sites for hydroxylation is 2. The number of methoxy groups -OCH3 is 1. The molecule has 1 aliphatic carbocycles. The standard InChI is InChI=1S/C12H21N3O/c1-8-12(9(2)15-14-8)13-10-4-6-11(16-3)7-5-10/h10-11,13H,4-7H2,1-3H3,(H,14,15). The molecule has 0 saturated heterocycles. The number of H-pyrrole nitrogens is 1. The second kappa shape index (κ2) is 4.87. The van der Waals surface area contributed by atoms with E-state index >= 15 is 0 Å². The number of nitrogens with zero attached hydrogens (tertiary/aromatic N) is 1. The van der Waals surface area contributed by atoms with Gasteiger partial charge in [0.05, 0.1) is 23.2 Å². The first-order valence-corrected chi connectivity index (χ1v) is 6.01. The van der Waals surface area contributed by atoms with Crippen LogP contribution in [0, 0.1) is 13.8 Å². The summed E-state index contributed by atoms with van der Waals surface area (Å²) in [5.74, 6) is 0. The van der Waals surface area contributed by atoms with Crippen LogP contribution in [0.25, 0.3) is 0 Å². The van der Waals surface area contributed by atoms with Crippen molar-refractivity contribution in [1.29, 1.82) is 0 Å². The molecule has 0 radical (unpaired) electrons. The molecule has 1 aromatic rings. The number of anilines is 1. The predicted molar refractivity (Wildman–Crippen MR) is 64.7 cm³/mol. The van der Waals surface area contributed by atoms with E-state index < -0.39 is 0 Å². The van der Waals surface area contributed by atoms with E-state index in [9.17, 15) is 0 Å². The number of hydrogen-bond acceptors (Lipinski definition) is 3. The summed E-state index contributed by atoms with van der Waals surface area (Å²) in [6.07, 6.45) is 5.14. The topological polar surface area (TPSA) is 49.9 Å². The number of aromatic amines is 1. The molecule has 4 nitrogen and oxygen atoms in total. The lowest BCUT2D eigenvalue weighted by Gasteiger charge is -2.28. The van der Waals surface area contributed by atoms with E-state index in [4.69, 9.17) is 4.74 Å². The van der Waals surface area contributed by atoms with Crippen LogP contribution >= 0.6 is 0 Å². The van der Waals surface area contributed by atoms with E-state index in [0.717, 1.165) is 24.2 Å². The van der Waals surface area contributed by atoms with Crippen molar-refractivity contribution < 1.29 is 4.74 Å². The van der Waals surface area contributed by atoms with Crippen molar-refractivity contribution in [3.05, 3.63) is 11.4 Å². The van der Waals surface area contributed by atoms with Crippen molar-refractivity contribution in [2.45, 2.75) is 51.7 Å². The van der Waals surface area contributed by atoms with Gasteiger partial charge in [-0.15, -0.1) is 0 Å². The van der Waals surface area contributed by atoms with Gasteiger partial charge in [-0.05, 0) is 39.5 Å². The zero-order chi connectivity index (χ0) is 11.5. The second-order valence-electron chi connectivity index (χ2n) is 4.66. The van der Waals surface area contributed by atoms with Crippen LogP contribution in [0.1, 0.15) is 37.1 Å². The number of rotatable bonds is 3. The summed E-state index contributed by atoms with van der Waals surface area (Å²) in [4.78, 5) is 0. The van der Waals surface area contributed by atoms with Crippen molar-refractivity contribution in [2.24, 2.45) is 0 Å². The van der Waals surface area contributed by atoms with E-state index in [2.05, 4.69) is 22.4 Å². The van der Waals surface area contributed by atoms with Crippen LogP contribution in [-0.4, -0.2) is 29.5 Å². The SMILES string of the molecule is COC1CCC(Nc2c(C)n[nH]c2C)CC1. The van der Waals surface area contributed by atoms with Crippen LogP contribution in [0.15, 0.2) is 0 Å². The van der Waals surface area contributed by atoms with Crippen LogP contribution in [0.3, 0.4) is 0 Å². The highest BCUT2D eigenvalue weighted by Crippen LogP contribution is 2.25. The highest BCUT2D eigenvalue weighted by Gasteiger charge is 2.21. The van der Waals surface area contributed by atoms with Gasteiger partial charge in [-0.2, -0.15) is 5.10 Å². The summed E-state index contributed by atoms with van der Waals surface area (Å²) < 4.78 is 5.38. The Morgan fingerprint density at radius 2 is 1.94 bits per heavy atom. The average Bonchev–Trinajstić information content (AvgIpc) is 2.62. The Hall–Kier alpha value is -1.03. The van der Waals surface area contributed by atoms with Gasteiger partial charge in [0.2, 0.25) is 0 Å². The molecule has 1 aromatic heterocycles. The van der Waals surface area contributed by atoms with Gasteiger partial charge in [0.15, 0.2) is 0 Å². The fourth-order valence-electron chi connectivity index (χ4n) is 2.41. The lowest BCUT2D eigenvalue weighted by molar-refractivity contribution is 0.0682. The maximum absolute atomic E-state index is 5.38. The third-order valence-corrected chi connectivity index (χ3v) is 3.48. The van der Waals surface area contributed by atoms with E-state index in [1.54, 1.807) is 0 Å². The molecule has 2 rings (SSSR count). The molecule has 1 saturated carbocycles. The molecule has 0 unspecified atom stereocenters. The van der Waals surface area contributed by atoms with E-state index in [1.807, 2.05) is 14.0 Å². The summed E-state index contributed by atoms with van der Waals surface area (Å²) in [6, 6.07) is 0.571. The van der Waals surface area contributed by atoms with Crippen molar-refractivity contribution in [2.75, 3.05) is 12.4 Å². The normalized spacial score (nSPS) is 25.7. The third-order valence-electron chi connectivity index (χ3n) is 3.48. The predicted octanol–water partition coefficient (Wildman–Crippen LogP) is 2.40. The molecular formula is C12H21N3O. The Morgan fingerprint density at radius 3 is 2.44 bits per heavy atom. The van der Waals surface area contributed by atoms with Crippen LogP contribution in [0.2, 0.25) is 0 Å². The Kier molecular flexibility index (Phi) is 3.49. The molecule has 4 heteroatoms. The van der Waals surface area contributed by atoms with E-state index in [-0.39, 0.29) is 0 Å². The molecule has 1 aliphatic rings. The fraction of sp³-hybridized carbons (Fsp3) is 0.750. The quantitative estimate of drug-likeness (QED) is 0.827. The van der Waals surface area contributed by atoms with E-state index in [0.29, 0.717) is 12.1 Å². The fourth-order valence-corrected chi connectivity index (χ4v) is 2.41. The van der Waals surface area contributed by atoms with Crippen LogP contribution < -0.4 is 5.32 Å². The number of aromatic nitrogens is 2. The molecule has 2 N–H and O–H groups in total. The first-order valence-electron chi connectivity index (χ1n) is 6.01. The summed E-state index contributed by atoms with van der Waals surface area (Å²) >= 11 is 0. The second-order valence-corrected chi connectivity index (χ2v) is 4.66. The lowest BCUT2D eigenvalue weighted by Crippen LogP contribution is -2.29. The van der Waals surface area contributed by atoms with Gasteiger partial charge < -0.3 is 10.1 Å². The minimum absolute atomic E-state index is 0.463. The zero-order valence-electron chi connectivity index (χ0n) is 10.3. The molecule has 0 aromatic carbocycles. The van der Waals surface area contributed by atoms with Gasteiger partial charge in [0.25, 0.3) is 0 Å². The van der Waals surface area contributed by atoms with Gasteiger partial charge in [-0.1, -0.05) is 0 Å². The Bertz CT molecular complexity index is 321. The molecule has 1 fully saturated rings. The number of ether oxygens (including phenoxy) is 1. The van der Waals surface area contributed by atoms with Gasteiger partial charge in [-0.25, -0.2) is 0 Å². The van der Waals surface area contributed by atoms with Crippen LogP contribution in [0.5, 0.6) is 0 Å². The summed E-state index contributed by atoms with van der Waals surface area (Å²) in [7, 11) is 1.81. The third kappa shape index (κ3) is 2.38. The Balaban J connectivity index is 1.92. The first kappa shape index (κ1) is 11.5. The number of hydrogen-bond donors (Lipinski definition) is 2. The van der Waals surface area contributed by atoms with Gasteiger partial charge >= 0.3 is 0 Å². The Morgan fingerprint density at radius 1 is 1.25 bits per heavy atom. The van der Waals surface area contributed by atoms with Crippen LogP contribution in [0.4, 0.5) is 5.69 Å². The smallest absolute Gasteiger partial charge is 0.0825 e. The highest BCUT2D eigenvalue weighted by atomic mass is 16.5. The maximum atomic E-state index is 5.38. The van der Waals surface area contributed by atoms with Gasteiger partial charge in [-0.3, -0.25) is 5.10 Å². The molecular weight excluding hydrogens is 202 g/mol. The Labute approximate surface area is 96.8 Å². The molecule has 90 valence electrons. The van der Waals surface area contributed by atoms with Gasteiger partial charge in [0.1, 0.15) is 0 Å². The average molecular weight is 223 g/mol. The van der Waals surface area contributed by atoms with E-state index in [1.165, 1.54) is 18.5 Å². The maximum Gasteiger partial charge on any atom is 0.0825 e. The first-order chi connectivity index (χ1) is 7.70. The number of nitrogens with one attached hydrogen (secondary N) is 2. The summed E-state index contributed by atoms with van der Waals surface area (Å²) in [5.41, 5.74) is 3.37. The lowest BCUT2D eigenvalue weighted by atomic mass is 9.93. The van der Waals surface area contributed by atoms with Crippen LogP contribution in [-0.2, 0) is 4.74 Å². The molecule has 0 bridgehead atoms. The molecule has 0 amide bonds. The summed E-state index contributed by atoms with van der Waals surface area (Å²) in [5, 5.41) is 10.8. The van der Waals surface area contributed by atoms with Crippen molar-refractivity contribution in [3.63, 3.8) is 0 Å². The molecule has 0 atom stereocenters. The van der Waals surface area contributed by atoms with Crippen molar-refractivity contribution in [1.82, 2.24) is 10.2 Å². The highest BCUT2D eigenvalue weighted by molar-refractivity contribution is 5.52.